The van der Waals surface area contributed by atoms with Crippen molar-refractivity contribution in [2.75, 3.05) is 11.1 Å². The fourth-order valence-corrected chi connectivity index (χ4v) is 1.92. The predicted octanol–water partition coefficient (Wildman–Crippen LogP) is 2.66. The first-order chi connectivity index (χ1) is 9.24. The van der Waals surface area contributed by atoms with Gasteiger partial charge in [0.25, 0.3) is 0 Å². The summed E-state index contributed by atoms with van der Waals surface area (Å²) >= 11 is 0. The van der Waals surface area contributed by atoms with Crippen LogP contribution in [0.5, 0.6) is 0 Å². The summed E-state index contributed by atoms with van der Waals surface area (Å²) in [6, 6.07) is 9.99. The maximum absolute atomic E-state index is 5.83. The van der Waals surface area contributed by atoms with Gasteiger partial charge in [-0.15, -0.1) is 0 Å². The first kappa shape index (κ1) is 11.4. The number of aryl methyl sites for hydroxylation is 1. The highest BCUT2D eigenvalue weighted by Crippen LogP contribution is 2.26. The molecule has 0 aliphatic rings. The number of nitrogens with two attached hydrogens (primary N) is 1. The average Bonchev–Trinajstić information content (AvgIpc) is 2.42. The van der Waals surface area contributed by atoms with Crippen molar-refractivity contribution in [3.63, 3.8) is 0 Å². The number of nitrogens with zero attached hydrogens (tertiary/aromatic N) is 3. The molecule has 2 aromatic heterocycles. The molecule has 0 atom stereocenters. The lowest BCUT2D eigenvalue weighted by atomic mass is 10.1. The van der Waals surface area contributed by atoms with Crippen molar-refractivity contribution in [3.05, 3.63) is 48.5 Å². The Kier molecular flexibility index (Phi) is 2.72. The number of anilines is 3. The van der Waals surface area contributed by atoms with Gasteiger partial charge < -0.3 is 11.1 Å². The van der Waals surface area contributed by atoms with E-state index in [0.29, 0.717) is 11.5 Å². The number of fused-ring (bicyclic) bond motifs is 1. The van der Waals surface area contributed by atoms with Gasteiger partial charge >= 0.3 is 0 Å². The molecular weight excluding hydrogens is 238 g/mol. The monoisotopic (exact) mass is 251 g/mol. The Morgan fingerprint density at radius 3 is 2.89 bits per heavy atom. The maximum atomic E-state index is 5.83. The van der Waals surface area contributed by atoms with E-state index in [4.69, 9.17) is 5.73 Å². The summed E-state index contributed by atoms with van der Waals surface area (Å²) in [5, 5.41) is 4.28. The number of aromatic nitrogens is 3. The first-order valence-electron chi connectivity index (χ1n) is 5.93. The molecule has 0 saturated heterocycles. The summed E-state index contributed by atoms with van der Waals surface area (Å²) in [7, 11) is 0. The highest BCUT2D eigenvalue weighted by Gasteiger charge is 2.05. The highest BCUT2D eigenvalue weighted by molar-refractivity contribution is 5.92. The number of benzene rings is 1. The lowest BCUT2D eigenvalue weighted by molar-refractivity contribution is 1.17. The SMILES string of the molecule is Cc1ccc2cccc(Nc3ncncc3N)c2n1. The van der Waals surface area contributed by atoms with E-state index in [2.05, 4.69) is 20.3 Å². The number of pyridine rings is 1. The van der Waals surface area contributed by atoms with Crippen LogP contribution < -0.4 is 11.1 Å². The molecule has 0 aliphatic heterocycles. The van der Waals surface area contributed by atoms with Gasteiger partial charge in [-0.25, -0.2) is 9.97 Å². The minimum atomic E-state index is 0.507. The Morgan fingerprint density at radius 2 is 2.05 bits per heavy atom. The van der Waals surface area contributed by atoms with Crippen molar-refractivity contribution in [2.24, 2.45) is 0 Å². The maximum Gasteiger partial charge on any atom is 0.157 e. The van der Waals surface area contributed by atoms with E-state index < -0.39 is 0 Å². The Labute approximate surface area is 110 Å². The van der Waals surface area contributed by atoms with E-state index in [1.165, 1.54) is 6.33 Å². The average molecular weight is 251 g/mol. The van der Waals surface area contributed by atoms with Crippen LogP contribution in [0.2, 0.25) is 0 Å². The number of rotatable bonds is 2. The number of hydrogen-bond donors (Lipinski definition) is 2. The van der Waals surface area contributed by atoms with Crippen LogP contribution in [-0.4, -0.2) is 15.0 Å². The fraction of sp³-hybridized carbons (Fsp3) is 0.0714. The minimum absolute atomic E-state index is 0.507. The second-order valence-corrected chi connectivity index (χ2v) is 4.28. The molecule has 5 nitrogen and oxygen atoms in total. The minimum Gasteiger partial charge on any atom is -0.394 e. The molecule has 0 fully saturated rings. The predicted molar refractivity (Wildman–Crippen MR) is 76.2 cm³/mol. The van der Waals surface area contributed by atoms with Gasteiger partial charge in [0, 0.05) is 11.1 Å². The molecule has 1 aromatic carbocycles. The van der Waals surface area contributed by atoms with E-state index in [0.717, 1.165) is 22.3 Å². The standard InChI is InChI=1S/C14H13N5/c1-9-5-6-10-3-2-4-12(13(10)18-9)19-14-11(15)7-16-8-17-14/h2-8H,15H2,1H3,(H,16,17,19). The van der Waals surface area contributed by atoms with Crippen LogP contribution in [-0.2, 0) is 0 Å². The number of nitrogens with one attached hydrogen (secondary N) is 1. The molecular formula is C14H13N5. The van der Waals surface area contributed by atoms with E-state index in [1.54, 1.807) is 6.20 Å². The third-order valence-electron chi connectivity index (χ3n) is 2.85. The second-order valence-electron chi connectivity index (χ2n) is 4.28. The quantitative estimate of drug-likeness (QED) is 0.732. The van der Waals surface area contributed by atoms with Crippen molar-refractivity contribution < 1.29 is 0 Å². The molecule has 94 valence electrons. The fourth-order valence-electron chi connectivity index (χ4n) is 1.92. The summed E-state index contributed by atoms with van der Waals surface area (Å²) in [6.07, 6.45) is 3.03. The summed E-state index contributed by atoms with van der Waals surface area (Å²) < 4.78 is 0. The summed E-state index contributed by atoms with van der Waals surface area (Å²) in [4.78, 5) is 12.6. The molecule has 0 bridgehead atoms. The van der Waals surface area contributed by atoms with E-state index in [-0.39, 0.29) is 0 Å². The van der Waals surface area contributed by atoms with Crippen molar-refractivity contribution in [1.82, 2.24) is 15.0 Å². The zero-order chi connectivity index (χ0) is 13.2. The zero-order valence-electron chi connectivity index (χ0n) is 10.5. The van der Waals surface area contributed by atoms with E-state index in [9.17, 15) is 0 Å². The third kappa shape index (κ3) is 2.18. The molecule has 0 spiro atoms. The molecule has 5 heteroatoms. The Bertz CT molecular complexity index is 739. The van der Waals surface area contributed by atoms with E-state index >= 15 is 0 Å². The van der Waals surface area contributed by atoms with Gasteiger partial charge in [0.1, 0.15) is 6.33 Å². The third-order valence-corrected chi connectivity index (χ3v) is 2.85. The Morgan fingerprint density at radius 1 is 1.16 bits per heavy atom. The van der Waals surface area contributed by atoms with Crippen LogP contribution in [0.3, 0.4) is 0 Å². The summed E-state index contributed by atoms with van der Waals surface area (Å²) in [5.41, 5.74) is 9.10. The van der Waals surface area contributed by atoms with Gasteiger partial charge in [0.2, 0.25) is 0 Å². The van der Waals surface area contributed by atoms with Crippen LogP contribution in [0.25, 0.3) is 10.9 Å². The topological polar surface area (TPSA) is 76.7 Å². The van der Waals surface area contributed by atoms with Gasteiger partial charge in [-0.1, -0.05) is 18.2 Å². The Hall–Kier alpha value is -2.69. The molecule has 0 amide bonds. The molecule has 0 radical (unpaired) electrons. The molecule has 2 heterocycles. The van der Waals surface area contributed by atoms with Gasteiger partial charge in [-0.2, -0.15) is 0 Å². The lowest BCUT2D eigenvalue weighted by Crippen LogP contribution is -2.00. The van der Waals surface area contributed by atoms with Crippen LogP contribution in [0.1, 0.15) is 5.69 Å². The van der Waals surface area contributed by atoms with Crippen molar-refractivity contribution in [1.29, 1.82) is 0 Å². The number of hydrogen-bond acceptors (Lipinski definition) is 5. The van der Waals surface area contributed by atoms with Crippen LogP contribution >= 0.6 is 0 Å². The number of nitrogen functional groups attached to an aromatic ring is 1. The molecule has 3 N–H and O–H groups in total. The van der Waals surface area contributed by atoms with Gasteiger partial charge in [0.15, 0.2) is 5.82 Å². The molecule has 0 aliphatic carbocycles. The van der Waals surface area contributed by atoms with Gasteiger partial charge in [-0.3, -0.25) is 4.98 Å². The molecule has 3 aromatic rings. The Balaban J connectivity index is 2.10. The van der Waals surface area contributed by atoms with Crippen molar-refractivity contribution in [3.8, 4) is 0 Å². The van der Waals surface area contributed by atoms with Gasteiger partial charge in [-0.05, 0) is 19.1 Å². The highest BCUT2D eigenvalue weighted by atomic mass is 15.0. The lowest BCUT2D eigenvalue weighted by Gasteiger charge is -2.10. The smallest absolute Gasteiger partial charge is 0.157 e. The largest absolute Gasteiger partial charge is 0.394 e. The van der Waals surface area contributed by atoms with Crippen LogP contribution in [0.4, 0.5) is 17.2 Å². The van der Waals surface area contributed by atoms with Gasteiger partial charge in [0.05, 0.1) is 23.1 Å². The zero-order valence-corrected chi connectivity index (χ0v) is 10.5. The van der Waals surface area contributed by atoms with Crippen molar-refractivity contribution >= 4 is 28.1 Å². The number of para-hydroxylation sites is 1. The summed E-state index contributed by atoms with van der Waals surface area (Å²) in [5.74, 6) is 0.589. The van der Waals surface area contributed by atoms with Crippen molar-refractivity contribution in [2.45, 2.75) is 6.92 Å². The second kappa shape index (κ2) is 4.53. The molecule has 19 heavy (non-hydrogen) atoms. The molecule has 3 rings (SSSR count). The van der Waals surface area contributed by atoms with Crippen LogP contribution in [0, 0.1) is 6.92 Å². The molecule has 0 saturated carbocycles. The normalized spacial score (nSPS) is 10.6. The van der Waals surface area contributed by atoms with Crippen LogP contribution in [0.15, 0.2) is 42.9 Å². The summed E-state index contributed by atoms with van der Waals surface area (Å²) in [6.45, 7) is 1.97. The van der Waals surface area contributed by atoms with E-state index in [1.807, 2.05) is 37.3 Å². The first-order valence-corrected chi connectivity index (χ1v) is 5.93. The molecule has 0 unspecified atom stereocenters.